The first-order valence-electron chi connectivity index (χ1n) is 9.11. The molecule has 1 aliphatic heterocycles. The molecule has 7 nitrogen and oxygen atoms in total. The van der Waals surface area contributed by atoms with Gasteiger partial charge >= 0.3 is 0 Å². The molecule has 27 heavy (non-hydrogen) atoms. The van der Waals surface area contributed by atoms with E-state index in [-0.39, 0.29) is 36.2 Å². The van der Waals surface area contributed by atoms with Crippen LogP contribution < -0.4 is 25.4 Å². The number of nitrogens with one attached hydrogen (secondary N) is 1. The molecule has 1 aliphatic carbocycles. The Morgan fingerprint density at radius 2 is 1.85 bits per heavy atom. The minimum Gasteiger partial charge on any atom is -0.497 e. The Morgan fingerprint density at radius 3 is 2.41 bits per heavy atom. The van der Waals surface area contributed by atoms with Gasteiger partial charge in [-0.05, 0) is 25.2 Å². The van der Waals surface area contributed by atoms with Crippen LogP contribution in [-0.2, 0) is 9.59 Å². The summed E-state index contributed by atoms with van der Waals surface area (Å²) in [6, 6.07) is 4.96. The number of rotatable bonds is 6. The minimum absolute atomic E-state index is 0. The highest BCUT2D eigenvalue weighted by Gasteiger charge is 2.35. The minimum atomic E-state index is -0.489. The zero-order chi connectivity index (χ0) is 18.7. The van der Waals surface area contributed by atoms with Crippen LogP contribution in [0.2, 0.25) is 0 Å². The summed E-state index contributed by atoms with van der Waals surface area (Å²) >= 11 is 0. The van der Waals surface area contributed by atoms with Gasteiger partial charge in [-0.3, -0.25) is 9.59 Å². The molecule has 1 unspecified atom stereocenters. The lowest BCUT2D eigenvalue weighted by atomic mass is 9.99. The van der Waals surface area contributed by atoms with Crippen molar-refractivity contribution in [2.45, 2.75) is 44.2 Å². The molecule has 3 rings (SSSR count). The van der Waals surface area contributed by atoms with Crippen molar-refractivity contribution in [1.82, 2.24) is 5.32 Å². The lowest BCUT2D eigenvalue weighted by Gasteiger charge is -2.20. The van der Waals surface area contributed by atoms with E-state index in [1.165, 1.54) is 0 Å². The van der Waals surface area contributed by atoms with Crippen LogP contribution in [0, 0.1) is 5.92 Å². The van der Waals surface area contributed by atoms with Crippen LogP contribution in [0.3, 0.4) is 0 Å². The molecule has 0 bridgehead atoms. The van der Waals surface area contributed by atoms with E-state index >= 15 is 0 Å². The van der Waals surface area contributed by atoms with E-state index in [1.807, 2.05) is 0 Å². The number of carbonyl (C=O) groups is 2. The predicted molar refractivity (Wildman–Crippen MR) is 106 cm³/mol. The van der Waals surface area contributed by atoms with Gasteiger partial charge in [-0.25, -0.2) is 0 Å². The third-order valence-electron chi connectivity index (χ3n) is 5.35. The van der Waals surface area contributed by atoms with Crippen LogP contribution >= 0.6 is 12.4 Å². The SMILES string of the molecule is COc1cc(OC)cc(N2CCC(NC(=O)C[C@@H]3CCC[C@H]3N)C2=O)c1.Cl. The van der Waals surface area contributed by atoms with Gasteiger partial charge in [0.1, 0.15) is 17.5 Å². The fraction of sp³-hybridized carbons (Fsp3) is 0.579. The summed E-state index contributed by atoms with van der Waals surface area (Å²) in [4.78, 5) is 26.7. The van der Waals surface area contributed by atoms with Gasteiger partial charge in [0.15, 0.2) is 0 Å². The maximum absolute atomic E-state index is 12.7. The number of halogens is 1. The number of nitrogens with zero attached hydrogens (tertiary/aromatic N) is 1. The molecule has 8 heteroatoms. The molecule has 2 amide bonds. The van der Waals surface area contributed by atoms with Crippen molar-refractivity contribution in [3.8, 4) is 11.5 Å². The van der Waals surface area contributed by atoms with Gasteiger partial charge in [0.25, 0.3) is 0 Å². The normalized spacial score (nSPS) is 24.5. The smallest absolute Gasteiger partial charge is 0.249 e. The summed E-state index contributed by atoms with van der Waals surface area (Å²) in [6.07, 6.45) is 4.03. The molecule has 3 atom stereocenters. The topological polar surface area (TPSA) is 93.9 Å². The molecular formula is C19H28ClN3O4. The highest BCUT2D eigenvalue weighted by Crippen LogP contribution is 2.31. The Kier molecular flexibility index (Phi) is 7.33. The zero-order valence-corrected chi connectivity index (χ0v) is 16.6. The monoisotopic (exact) mass is 397 g/mol. The largest absolute Gasteiger partial charge is 0.497 e. The van der Waals surface area contributed by atoms with Gasteiger partial charge in [0.2, 0.25) is 11.8 Å². The van der Waals surface area contributed by atoms with E-state index in [1.54, 1.807) is 37.3 Å². The van der Waals surface area contributed by atoms with Crippen molar-refractivity contribution in [3.05, 3.63) is 18.2 Å². The Labute approximate surface area is 166 Å². The van der Waals surface area contributed by atoms with Crippen LogP contribution in [0.25, 0.3) is 0 Å². The van der Waals surface area contributed by atoms with Gasteiger partial charge < -0.3 is 25.4 Å². The number of nitrogens with two attached hydrogens (primary N) is 1. The van der Waals surface area contributed by atoms with Crippen molar-refractivity contribution in [2.75, 3.05) is 25.7 Å². The molecule has 0 spiro atoms. The number of carbonyl (C=O) groups excluding carboxylic acids is 2. The lowest BCUT2D eigenvalue weighted by Crippen LogP contribution is -2.42. The standard InChI is InChI=1S/C19H27N3O4.ClH/c1-25-14-9-13(10-15(11-14)26-2)22-7-6-17(19(22)24)21-18(23)8-12-4-3-5-16(12)20;/h9-12,16-17H,3-8,20H2,1-2H3,(H,21,23);1H/t12-,16+,17?;/m0./s1. The average Bonchev–Trinajstić information content (AvgIpc) is 3.20. The Hall–Kier alpha value is -1.99. The third kappa shape index (κ3) is 4.84. The maximum Gasteiger partial charge on any atom is 0.249 e. The number of methoxy groups -OCH3 is 2. The summed E-state index contributed by atoms with van der Waals surface area (Å²) in [5.74, 6) is 1.27. The summed E-state index contributed by atoms with van der Waals surface area (Å²) in [5.41, 5.74) is 6.75. The third-order valence-corrected chi connectivity index (χ3v) is 5.35. The lowest BCUT2D eigenvalue weighted by molar-refractivity contribution is -0.127. The fourth-order valence-electron chi connectivity index (χ4n) is 3.83. The summed E-state index contributed by atoms with van der Waals surface area (Å²) in [5, 5.41) is 2.88. The van der Waals surface area contributed by atoms with Crippen molar-refractivity contribution in [1.29, 1.82) is 0 Å². The van der Waals surface area contributed by atoms with E-state index in [2.05, 4.69) is 5.32 Å². The highest BCUT2D eigenvalue weighted by atomic mass is 35.5. The molecule has 2 aliphatic rings. The molecule has 1 heterocycles. The summed E-state index contributed by atoms with van der Waals surface area (Å²) in [6.45, 7) is 0.545. The zero-order valence-electron chi connectivity index (χ0n) is 15.8. The first-order valence-corrected chi connectivity index (χ1v) is 9.11. The first kappa shape index (κ1) is 21.3. The molecule has 1 saturated heterocycles. The Bertz CT molecular complexity index is 663. The Morgan fingerprint density at radius 1 is 1.19 bits per heavy atom. The van der Waals surface area contributed by atoms with Crippen LogP contribution in [-0.4, -0.2) is 44.7 Å². The van der Waals surface area contributed by atoms with Gasteiger partial charge in [0, 0.05) is 37.2 Å². The van der Waals surface area contributed by atoms with E-state index in [0.717, 1.165) is 19.3 Å². The maximum atomic E-state index is 12.7. The molecule has 1 aromatic rings. The number of anilines is 1. The van der Waals surface area contributed by atoms with E-state index in [9.17, 15) is 9.59 Å². The van der Waals surface area contributed by atoms with Crippen molar-refractivity contribution < 1.29 is 19.1 Å². The summed E-state index contributed by atoms with van der Waals surface area (Å²) in [7, 11) is 3.14. The van der Waals surface area contributed by atoms with Crippen LogP contribution in [0.15, 0.2) is 18.2 Å². The van der Waals surface area contributed by atoms with E-state index in [0.29, 0.717) is 36.6 Å². The second kappa shape index (κ2) is 9.28. The predicted octanol–water partition coefficient (Wildman–Crippen LogP) is 1.86. The molecule has 1 saturated carbocycles. The average molecular weight is 398 g/mol. The second-order valence-electron chi connectivity index (χ2n) is 7.03. The number of benzene rings is 1. The van der Waals surface area contributed by atoms with Gasteiger partial charge in [-0.1, -0.05) is 6.42 Å². The molecule has 1 aromatic carbocycles. The number of ether oxygens (including phenoxy) is 2. The number of hydrogen-bond acceptors (Lipinski definition) is 5. The van der Waals surface area contributed by atoms with Crippen LogP contribution in [0.5, 0.6) is 11.5 Å². The van der Waals surface area contributed by atoms with Gasteiger partial charge in [-0.15, -0.1) is 12.4 Å². The van der Waals surface area contributed by atoms with Crippen molar-refractivity contribution in [2.24, 2.45) is 11.7 Å². The number of amides is 2. The van der Waals surface area contributed by atoms with Crippen molar-refractivity contribution >= 4 is 29.9 Å². The molecule has 0 radical (unpaired) electrons. The molecular weight excluding hydrogens is 370 g/mol. The van der Waals surface area contributed by atoms with Crippen LogP contribution in [0.1, 0.15) is 32.1 Å². The first-order chi connectivity index (χ1) is 12.5. The summed E-state index contributed by atoms with van der Waals surface area (Å²) < 4.78 is 10.5. The van der Waals surface area contributed by atoms with Crippen molar-refractivity contribution in [3.63, 3.8) is 0 Å². The van der Waals surface area contributed by atoms with Crippen LogP contribution in [0.4, 0.5) is 5.69 Å². The van der Waals surface area contributed by atoms with E-state index in [4.69, 9.17) is 15.2 Å². The van der Waals surface area contributed by atoms with Gasteiger partial charge in [-0.2, -0.15) is 0 Å². The van der Waals surface area contributed by atoms with Gasteiger partial charge in [0.05, 0.1) is 19.9 Å². The molecule has 3 N–H and O–H groups in total. The fourth-order valence-corrected chi connectivity index (χ4v) is 3.83. The number of hydrogen-bond donors (Lipinski definition) is 2. The molecule has 2 fully saturated rings. The molecule has 150 valence electrons. The van der Waals surface area contributed by atoms with E-state index < -0.39 is 6.04 Å². The highest BCUT2D eigenvalue weighted by molar-refractivity contribution is 6.01. The molecule has 0 aromatic heterocycles. The quantitative estimate of drug-likeness (QED) is 0.764. The Balaban J connectivity index is 0.00000261. The second-order valence-corrected chi connectivity index (χ2v) is 7.03.